The molecule has 1 saturated heterocycles. The smallest absolute Gasteiger partial charge is 0.0515 e. The number of allylic oxidation sites excluding steroid dienone is 1. The van der Waals surface area contributed by atoms with Crippen LogP contribution < -0.4 is 5.32 Å². The van der Waals surface area contributed by atoms with Crippen molar-refractivity contribution in [1.29, 1.82) is 0 Å². The monoisotopic (exact) mass is 268 g/mol. The maximum Gasteiger partial charge on any atom is 0.0515 e. The molecule has 1 fully saturated rings. The van der Waals surface area contributed by atoms with E-state index in [1.165, 1.54) is 31.5 Å². The number of hydrogen-bond donors (Lipinski definition) is 2. The first-order valence-electron chi connectivity index (χ1n) is 7.74. The van der Waals surface area contributed by atoms with Crippen LogP contribution in [0.1, 0.15) is 47.0 Å². The van der Waals surface area contributed by atoms with Crippen molar-refractivity contribution in [3.8, 4) is 0 Å². The van der Waals surface area contributed by atoms with Gasteiger partial charge in [-0.3, -0.25) is 4.90 Å². The van der Waals surface area contributed by atoms with Crippen LogP contribution in [0.2, 0.25) is 0 Å². The Bertz CT molecular complexity index is 264. The molecule has 3 heteroatoms. The predicted molar refractivity (Wildman–Crippen MR) is 82.4 cm³/mol. The van der Waals surface area contributed by atoms with Crippen molar-refractivity contribution in [3.63, 3.8) is 0 Å². The Hall–Kier alpha value is -0.380. The highest BCUT2D eigenvalue weighted by Crippen LogP contribution is 2.12. The number of aliphatic hydroxyl groups is 1. The molecule has 19 heavy (non-hydrogen) atoms. The van der Waals surface area contributed by atoms with Crippen LogP contribution in [0.4, 0.5) is 0 Å². The number of piperidine rings is 1. The van der Waals surface area contributed by atoms with Crippen LogP contribution >= 0.6 is 0 Å². The minimum atomic E-state index is -0.178. The molecule has 1 heterocycles. The van der Waals surface area contributed by atoms with E-state index in [1.807, 2.05) is 6.92 Å². The first-order valence-corrected chi connectivity index (χ1v) is 7.74. The Kier molecular flexibility index (Phi) is 7.66. The number of nitrogens with zero attached hydrogens (tertiary/aromatic N) is 1. The highest BCUT2D eigenvalue weighted by molar-refractivity contribution is 4.95. The second kappa shape index (κ2) is 8.72. The summed E-state index contributed by atoms with van der Waals surface area (Å²) in [5.41, 5.74) is 1.41. The lowest BCUT2D eigenvalue weighted by Crippen LogP contribution is -2.43. The number of nitrogens with one attached hydrogen (secondary N) is 1. The Morgan fingerprint density at radius 2 is 1.95 bits per heavy atom. The van der Waals surface area contributed by atoms with E-state index in [0.29, 0.717) is 12.0 Å². The minimum Gasteiger partial charge on any atom is -0.393 e. The normalized spacial score (nSPS) is 21.1. The van der Waals surface area contributed by atoms with Gasteiger partial charge in [-0.2, -0.15) is 0 Å². The molecule has 0 spiro atoms. The molecule has 2 N–H and O–H groups in total. The van der Waals surface area contributed by atoms with Crippen LogP contribution in [0.3, 0.4) is 0 Å². The summed E-state index contributed by atoms with van der Waals surface area (Å²) in [5.74, 6) is 0.559. The summed E-state index contributed by atoms with van der Waals surface area (Å²) in [7, 11) is 0. The number of likely N-dealkylation sites (tertiary alicyclic amines) is 1. The Balaban J connectivity index is 2.14. The third-order valence-corrected chi connectivity index (χ3v) is 3.84. The van der Waals surface area contributed by atoms with E-state index in [1.54, 1.807) is 0 Å². The van der Waals surface area contributed by atoms with E-state index in [9.17, 15) is 5.11 Å². The average Bonchev–Trinajstić information content (AvgIpc) is 2.34. The van der Waals surface area contributed by atoms with Gasteiger partial charge < -0.3 is 10.4 Å². The molecule has 1 aliphatic rings. The third-order valence-electron chi connectivity index (χ3n) is 3.84. The first kappa shape index (κ1) is 16.7. The highest BCUT2D eigenvalue weighted by atomic mass is 16.3. The number of aliphatic hydroxyl groups excluding tert-OH is 1. The fraction of sp³-hybridized carbons (Fsp3) is 0.875. The molecule has 0 aromatic rings. The first-order chi connectivity index (χ1) is 8.97. The van der Waals surface area contributed by atoms with E-state index in [0.717, 1.165) is 19.5 Å². The quantitative estimate of drug-likeness (QED) is 0.696. The molecule has 0 aromatic heterocycles. The molecule has 1 rings (SSSR count). The summed E-state index contributed by atoms with van der Waals surface area (Å²) in [6.07, 6.45) is 5.53. The van der Waals surface area contributed by atoms with Gasteiger partial charge in [-0.05, 0) is 65.6 Å². The van der Waals surface area contributed by atoms with E-state index in [-0.39, 0.29) is 6.10 Å². The molecule has 0 radical (unpaired) electrons. The summed E-state index contributed by atoms with van der Waals surface area (Å²) >= 11 is 0. The molecule has 0 saturated carbocycles. The largest absolute Gasteiger partial charge is 0.393 e. The lowest BCUT2D eigenvalue weighted by molar-refractivity contribution is 0.158. The van der Waals surface area contributed by atoms with Gasteiger partial charge in [0.15, 0.2) is 0 Å². The molecule has 0 aliphatic carbocycles. The Labute approximate surface area is 119 Å². The zero-order chi connectivity index (χ0) is 14.3. The summed E-state index contributed by atoms with van der Waals surface area (Å²) in [5, 5.41) is 13.0. The maximum atomic E-state index is 9.36. The Morgan fingerprint density at radius 3 is 2.47 bits per heavy atom. The van der Waals surface area contributed by atoms with E-state index in [2.05, 4.69) is 37.1 Å². The van der Waals surface area contributed by atoms with Gasteiger partial charge in [-0.25, -0.2) is 0 Å². The summed E-state index contributed by atoms with van der Waals surface area (Å²) < 4.78 is 0. The van der Waals surface area contributed by atoms with Gasteiger partial charge in [-0.15, -0.1) is 0 Å². The van der Waals surface area contributed by atoms with Crippen LogP contribution in [0.25, 0.3) is 0 Å². The SMILES string of the molecule is CC(C)=CCN1CCC(NCC(C)CC(C)O)CC1. The zero-order valence-electron chi connectivity index (χ0n) is 13.2. The van der Waals surface area contributed by atoms with Gasteiger partial charge in [0.2, 0.25) is 0 Å². The minimum absolute atomic E-state index is 0.178. The molecular formula is C16H32N2O. The van der Waals surface area contributed by atoms with Crippen LogP contribution in [-0.4, -0.2) is 48.3 Å². The molecular weight excluding hydrogens is 236 g/mol. The van der Waals surface area contributed by atoms with Crippen LogP contribution in [-0.2, 0) is 0 Å². The van der Waals surface area contributed by atoms with Crippen LogP contribution in [0.5, 0.6) is 0 Å². The fourth-order valence-corrected chi connectivity index (χ4v) is 2.66. The topological polar surface area (TPSA) is 35.5 Å². The van der Waals surface area contributed by atoms with Crippen LogP contribution in [0, 0.1) is 5.92 Å². The molecule has 0 bridgehead atoms. The number of hydrogen-bond acceptors (Lipinski definition) is 3. The molecule has 2 atom stereocenters. The predicted octanol–water partition coefficient (Wildman–Crippen LogP) is 2.41. The van der Waals surface area contributed by atoms with Gasteiger partial charge in [0.1, 0.15) is 0 Å². The van der Waals surface area contributed by atoms with Crippen LogP contribution in [0.15, 0.2) is 11.6 Å². The summed E-state index contributed by atoms with van der Waals surface area (Å²) in [6, 6.07) is 0.666. The maximum absolute atomic E-state index is 9.36. The van der Waals surface area contributed by atoms with Crippen molar-refractivity contribution in [2.75, 3.05) is 26.2 Å². The third kappa shape index (κ3) is 7.71. The van der Waals surface area contributed by atoms with Crippen molar-refractivity contribution >= 4 is 0 Å². The molecule has 2 unspecified atom stereocenters. The molecule has 0 amide bonds. The molecule has 0 aromatic carbocycles. The number of rotatable bonds is 7. The van der Waals surface area contributed by atoms with Gasteiger partial charge in [0, 0.05) is 12.6 Å². The van der Waals surface area contributed by atoms with Gasteiger partial charge in [-0.1, -0.05) is 18.6 Å². The fourth-order valence-electron chi connectivity index (χ4n) is 2.66. The lowest BCUT2D eigenvalue weighted by Gasteiger charge is -2.32. The van der Waals surface area contributed by atoms with Crippen molar-refractivity contribution in [1.82, 2.24) is 10.2 Å². The van der Waals surface area contributed by atoms with E-state index in [4.69, 9.17) is 0 Å². The lowest BCUT2D eigenvalue weighted by atomic mass is 10.0. The van der Waals surface area contributed by atoms with Crippen molar-refractivity contribution in [3.05, 3.63) is 11.6 Å². The summed E-state index contributed by atoms with van der Waals surface area (Å²) in [4.78, 5) is 2.53. The van der Waals surface area contributed by atoms with E-state index < -0.39 is 0 Å². The average molecular weight is 268 g/mol. The standard InChI is InChI=1S/C16H32N2O/c1-13(2)5-8-18-9-6-16(7-10-18)17-12-14(3)11-15(4)19/h5,14-17,19H,6-12H2,1-4H3. The Morgan fingerprint density at radius 1 is 1.32 bits per heavy atom. The van der Waals surface area contributed by atoms with Gasteiger partial charge >= 0.3 is 0 Å². The zero-order valence-corrected chi connectivity index (χ0v) is 13.2. The summed E-state index contributed by atoms with van der Waals surface area (Å²) in [6.45, 7) is 13.0. The second-order valence-electron chi connectivity index (χ2n) is 6.45. The second-order valence-corrected chi connectivity index (χ2v) is 6.45. The van der Waals surface area contributed by atoms with Gasteiger partial charge in [0.05, 0.1) is 6.10 Å². The van der Waals surface area contributed by atoms with Crippen molar-refractivity contribution in [2.45, 2.75) is 59.1 Å². The van der Waals surface area contributed by atoms with Crippen molar-refractivity contribution < 1.29 is 5.11 Å². The molecule has 1 aliphatic heterocycles. The van der Waals surface area contributed by atoms with E-state index >= 15 is 0 Å². The molecule has 3 nitrogen and oxygen atoms in total. The molecule has 112 valence electrons. The highest BCUT2D eigenvalue weighted by Gasteiger charge is 2.18. The van der Waals surface area contributed by atoms with Gasteiger partial charge in [0.25, 0.3) is 0 Å². The van der Waals surface area contributed by atoms with Crippen molar-refractivity contribution in [2.24, 2.45) is 5.92 Å².